The van der Waals surface area contributed by atoms with Gasteiger partial charge in [-0.1, -0.05) is 53.2 Å². The van der Waals surface area contributed by atoms with Crippen LogP contribution in [0.4, 0.5) is 0 Å². The Morgan fingerprint density at radius 3 is 2.03 bits per heavy atom. The van der Waals surface area contributed by atoms with Crippen LogP contribution >= 0.6 is 0 Å². The van der Waals surface area contributed by atoms with Gasteiger partial charge in [-0.15, -0.1) is 0 Å². The van der Waals surface area contributed by atoms with E-state index in [-0.39, 0.29) is 59.2 Å². The second-order valence-corrected chi connectivity index (χ2v) is 22.4. The Labute approximate surface area is 364 Å². The van der Waals surface area contributed by atoms with E-state index < -0.39 is 103 Å². The van der Waals surface area contributed by atoms with E-state index in [0.717, 1.165) is 44.9 Å². The minimum Gasteiger partial charge on any atom is -0.481 e. The molecule has 0 spiro atoms. The molecule has 7 fully saturated rings. The first-order chi connectivity index (χ1) is 29.0. The average Bonchev–Trinajstić information content (AvgIpc) is 3.21. The van der Waals surface area contributed by atoms with Crippen molar-refractivity contribution in [2.24, 2.45) is 50.2 Å². The highest BCUT2D eigenvalue weighted by Gasteiger charge is 2.70. The Balaban J connectivity index is 1.02. The van der Waals surface area contributed by atoms with Crippen molar-refractivity contribution < 1.29 is 79.2 Å². The van der Waals surface area contributed by atoms with E-state index in [1.807, 2.05) is 0 Å². The summed E-state index contributed by atoms with van der Waals surface area (Å²) in [6.07, 6.45) is -9.19. The van der Waals surface area contributed by atoms with Crippen LogP contribution in [0.5, 0.6) is 0 Å². The summed E-state index contributed by atoms with van der Waals surface area (Å²) in [6.45, 7) is 14.5. The Morgan fingerprint density at radius 2 is 1.35 bits per heavy atom. The Kier molecular flexibility index (Phi) is 12.5. The topological polar surface area (TPSA) is 255 Å². The lowest BCUT2D eigenvalue weighted by Crippen LogP contribution is -2.67. The number of carboxylic acid groups (broad SMARTS) is 1. The molecule has 3 aliphatic heterocycles. The molecular weight excluding hydrogens is 808 g/mol. The van der Waals surface area contributed by atoms with Gasteiger partial charge in [0.15, 0.2) is 18.9 Å². The maximum atomic E-state index is 13.1. The molecule has 4 unspecified atom stereocenters. The van der Waals surface area contributed by atoms with Crippen LogP contribution in [0.2, 0.25) is 0 Å². The zero-order chi connectivity index (χ0) is 45.1. The first-order valence-electron chi connectivity index (χ1n) is 23.1. The number of aliphatic hydroxyl groups excluding tert-OH is 8. The van der Waals surface area contributed by atoms with E-state index in [1.54, 1.807) is 0 Å². The molecule has 4 saturated carbocycles. The van der Waals surface area contributed by atoms with Gasteiger partial charge in [0.05, 0.1) is 37.4 Å². The first kappa shape index (κ1) is 47.2. The summed E-state index contributed by atoms with van der Waals surface area (Å²) in [5.41, 5.74) is -0.519. The van der Waals surface area contributed by atoms with Crippen molar-refractivity contribution in [1.29, 1.82) is 0 Å². The van der Waals surface area contributed by atoms with Crippen LogP contribution < -0.4 is 0 Å². The lowest BCUT2D eigenvalue weighted by Gasteiger charge is -2.71. The van der Waals surface area contributed by atoms with Crippen molar-refractivity contribution in [3.8, 4) is 0 Å². The molecule has 5 aliphatic carbocycles. The Bertz CT molecular complexity index is 1690. The normalized spacial score (nSPS) is 55.1. The minimum atomic E-state index is -1.73. The number of rotatable bonds is 8. The van der Waals surface area contributed by atoms with Crippen molar-refractivity contribution in [1.82, 2.24) is 0 Å². The van der Waals surface area contributed by atoms with Gasteiger partial charge in [-0.2, -0.15) is 0 Å². The van der Waals surface area contributed by atoms with Crippen LogP contribution in [0.15, 0.2) is 11.6 Å². The Morgan fingerprint density at radius 1 is 0.710 bits per heavy atom. The molecule has 22 atom stereocenters. The van der Waals surface area contributed by atoms with Gasteiger partial charge in [-0.25, -0.2) is 0 Å². The Hall–Kier alpha value is -1.35. The molecule has 0 aromatic carbocycles. The highest BCUT2D eigenvalue weighted by atomic mass is 16.8. The largest absolute Gasteiger partial charge is 0.481 e. The number of carboxylic acids is 1. The van der Waals surface area contributed by atoms with Crippen molar-refractivity contribution in [2.75, 3.05) is 19.8 Å². The van der Waals surface area contributed by atoms with Crippen LogP contribution in [0.25, 0.3) is 0 Å². The van der Waals surface area contributed by atoms with Crippen LogP contribution in [0.1, 0.15) is 113 Å². The van der Waals surface area contributed by atoms with Gasteiger partial charge in [0.1, 0.15) is 54.9 Å². The molecule has 0 radical (unpaired) electrons. The summed E-state index contributed by atoms with van der Waals surface area (Å²) < 4.78 is 36.0. The van der Waals surface area contributed by atoms with Crippen molar-refractivity contribution in [2.45, 2.75) is 199 Å². The molecule has 0 aromatic rings. The van der Waals surface area contributed by atoms with E-state index in [2.05, 4.69) is 47.6 Å². The lowest BCUT2D eigenvalue weighted by atomic mass is 9.33. The fourth-order valence-corrected chi connectivity index (χ4v) is 14.5. The number of ether oxygens (including phenoxy) is 6. The third-order valence-electron chi connectivity index (χ3n) is 18.7. The van der Waals surface area contributed by atoms with Crippen molar-refractivity contribution >= 4 is 5.97 Å². The summed E-state index contributed by atoms with van der Waals surface area (Å²) in [4.78, 5) is 13.1. The molecule has 16 nitrogen and oxygen atoms in total. The van der Waals surface area contributed by atoms with Crippen LogP contribution in [-0.2, 0) is 33.2 Å². The van der Waals surface area contributed by atoms with Gasteiger partial charge in [0, 0.05) is 5.41 Å². The molecular formula is C46H74O16. The van der Waals surface area contributed by atoms with Gasteiger partial charge < -0.3 is 74.4 Å². The van der Waals surface area contributed by atoms with Crippen LogP contribution in [0, 0.1) is 50.2 Å². The van der Waals surface area contributed by atoms with E-state index in [0.29, 0.717) is 19.3 Å². The molecule has 0 amide bonds. The number of aliphatic hydroxyl groups is 8. The van der Waals surface area contributed by atoms with Gasteiger partial charge >= 0.3 is 5.97 Å². The summed E-state index contributed by atoms with van der Waals surface area (Å²) in [5, 5.41) is 97.4. The van der Waals surface area contributed by atoms with Gasteiger partial charge in [-0.05, 0) is 111 Å². The fraction of sp³-hybridized carbons (Fsp3) is 0.935. The first-order valence-corrected chi connectivity index (χ1v) is 23.1. The van der Waals surface area contributed by atoms with Gasteiger partial charge in [0.25, 0.3) is 0 Å². The van der Waals surface area contributed by atoms with Crippen LogP contribution in [-0.4, -0.2) is 158 Å². The average molecular weight is 883 g/mol. The molecule has 8 rings (SSSR count). The zero-order valence-electron chi connectivity index (χ0n) is 37.5. The summed E-state index contributed by atoms with van der Waals surface area (Å²) in [5.74, 6) is -0.342. The number of allylic oxidation sites excluding steroid dienone is 2. The highest BCUT2D eigenvalue weighted by Crippen LogP contribution is 2.76. The molecule has 354 valence electrons. The molecule has 3 saturated heterocycles. The third kappa shape index (κ3) is 7.19. The molecule has 16 heteroatoms. The van der Waals surface area contributed by atoms with Gasteiger partial charge in [0.2, 0.25) is 0 Å². The number of fused-ring (bicyclic) bond motifs is 7. The SMILES string of the molecule is C[C@@H]1O[C@@H](O[C@H]2[C@H](OC3CC[C@@]4(C)C(CC[C@]5(C)C4CC=C4C6CC(C)(C)CC[C@]6(C(=O)O)CC[C@]45C)[C@]3(C)CO)OC[C@H](O)[C@@H]2O)[C@H](O)[C@H](O[C@@H]2OC[C@@H](O)[C@@H](O)[C@H]2O)[C@H]1O. The summed E-state index contributed by atoms with van der Waals surface area (Å²) >= 11 is 0. The second kappa shape index (κ2) is 16.5. The second-order valence-electron chi connectivity index (χ2n) is 22.4. The monoisotopic (exact) mass is 882 g/mol. The fourth-order valence-electron chi connectivity index (χ4n) is 14.5. The number of hydrogen-bond acceptors (Lipinski definition) is 15. The molecule has 8 aliphatic rings. The predicted molar refractivity (Wildman–Crippen MR) is 219 cm³/mol. The van der Waals surface area contributed by atoms with Crippen molar-refractivity contribution in [3.63, 3.8) is 0 Å². The lowest BCUT2D eigenvalue weighted by molar-refractivity contribution is -0.379. The number of hydrogen-bond donors (Lipinski definition) is 9. The smallest absolute Gasteiger partial charge is 0.310 e. The molecule has 0 bridgehead atoms. The maximum Gasteiger partial charge on any atom is 0.310 e. The number of aliphatic carboxylic acids is 1. The van der Waals surface area contributed by atoms with E-state index in [4.69, 9.17) is 28.4 Å². The molecule has 9 N–H and O–H groups in total. The highest BCUT2D eigenvalue weighted by molar-refractivity contribution is 5.76. The molecule has 3 heterocycles. The summed E-state index contributed by atoms with van der Waals surface area (Å²) in [6, 6.07) is 0. The van der Waals surface area contributed by atoms with E-state index >= 15 is 0 Å². The van der Waals surface area contributed by atoms with Crippen molar-refractivity contribution in [3.05, 3.63) is 11.6 Å². The predicted octanol–water partition coefficient (Wildman–Crippen LogP) is 1.98. The van der Waals surface area contributed by atoms with Crippen LogP contribution in [0.3, 0.4) is 0 Å². The number of carbonyl (C=O) groups is 1. The third-order valence-corrected chi connectivity index (χ3v) is 18.7. The summed E-state index contributed by atoms with van der Waals surface area (Å²) in [7, 11) is 0. The van der Waals surface area contributed by atoms with E-state index in [9.17, 15) is 50.8 Å². The molecule has 0 aromatic heterocycles. The maximum absolute atomic E-state index is 13.1. The quantitative estimate of drug-likeness (QED) is 0.125. The standard InChI is InChI=1S/C46H74O16/c1-22-30(50)35(61-37-33(53)31(51)25(48)19-57-37)34(54)38(59-22)62-36-32(52)26(49)20-58-39(36)60-29-11-12-42(4)27(43(29,5)21-47)10-13-45(7)28(42)9-8-23-24-18-41(2,3)14-16-46(24,40(55)56)17-15-44(23,45)6/h8,22,24-39,47-54H,9-21H2,1-7H3,(H,55,56)/t22-,24?,25+,26-,27?,28?,29?,30-,31+,32-,33+,34+,35+,36+,37-,38-,39-,42-,43-,44+,45+,46-/m0/s1. The molecule has 62 heavy (non-hydrogen) atoms. The van der Waals surface area contributed by atoms with Gasteiger partial charge in [-0.3, -0.25) is 4.79 Å². The minimum absolute atomic E-state index is 0.00631. The zero-order valence-corrected chi connectivity index (χ0v) is 37.5. The van der Waals surface area contributed by atoms with E-state index in [1.165, 1.54) is 12.5 Å².